The minimum Gasteiger partial charge on any atom is -0.494 e. The van der Waals surface area contributed by atoms with Crippen LogP contribution in [0.15, 0.2) is 24.3 Å². The molecule has 0 aliphatic carbocycles. The number of hydrogen-bond donors (Lipinski definition) is 2. The molecule has 4 heteroatoms. The third kappa shape index (κ3) is 5.21. The fraction of sp³-hybridized carbons (Fsp3) is 0.562. The maximum atomic E-state index is 11.7. The molecule has 0 heterocycles. The Hall–Kier alpha value is -1.55. The first kappa shape index (κ1) is 16.5. The predicted octanol–water partition coefficient (Wildman–Crippen LogP) is 3.64. The van der Waals surface area contributed by atoms with Gasteiger partial charge in [0.25, 0.3) is 5.91 Å². The van der Waals surface area contributed by atoms with Gasteiger partial charge in [0, 0.05) is 0 Å². The van der Waals surface area contributed by atoms with Crippen molar-refractivity contribution in [3.05, 3.63) is 29.8 Å². The van der Waals surface area contributed by atoms with Crippen LogP contribution in [-0.4, -0.2) is 17.7 Å². The summed E-state index contributed by atoms with van der Waals surface area (Å²) in [5, 5.41) is 8.84. The van der Waals surface area contributed by atoms with E-state index in [0.29, 0.717) is 6.61 Å². The Labute approximate surface area is 121 Å². The minimum absolute atomic E-state index is 0.301. The lowest BCUT2D eigenvalue weighted by Gasteiger charge is -2.15. The minimum atomic E-state index is -0.349. The maximum absolute atomic E-state index is 11.7. The average molecular weight is 279 g/mol. The van der Waals surface area contributed by atoms with Crippen molar-refractivity contribution in [1.82, 2.24) is 5.48 Å². The molecule has 1 atom stereocenters. The second kappa shape index (κ2) is 9.37. The van der Waals surface area contributed by atoms with E-state index in [0.717, 1.165) is 43.4 Å². The molecule has 0 saturated carbocycles. The third-order valence-electron chi connectivity index (χ3n) is 3.32. The van der Waals surface area contributed by atoms with E-state index in [1.807, 2.05) is 24.3 Å². The number of hydrogen-bond acceptors (Lipinski definition) is 3. The van der Waals surface area contributed by atoms with Crippen LogP contribution < -0.4 is 10.2 Å². The van der Waals surface area contributed by atoms with Gasteiger partial charge < -0.3 is 4.74 Å². The van der Waals surface area contributed by atoms with Crippen LogP contribution in [0.25, 0.3) is 0 Å². The number of hydroxylamine groups is 1. The van der Waals surface area contributed by atoms with E-state index in [4.69, 9.17) is 9.94 Å². The van der Waals surface area contributed by atoms with E-state index < -0.39 is 0 Å². The lowest BCUT2D eigenvalue weighted by molar-refractivity contribution is -0.131. The fourth-order valence-electron chi connectivity index (χ4n) is 2.07. The van der Waals surface area contributed by atoms with Crippen LogP contribution >= 0.6 is 0 Å². The molecular formula is C16H25NO3. The summed E-state index contributed by atoms with van der Waals surface area (Å²) in [5.74, 6) is 0.170. The zero-order valence-corrected chi connectivity index (χ0v) is 12.4. The van der Waals surface area contributed by atoms with Gasteiger partial charge in [0.15, 0.2) is 0 Å². The predicted molar refractivity (Wildman–Crippen MR) is 79.0 cm³/mol. The Morgan fingerprint density at radius 3 is 2.40 bits per heavy atom. The molecule has 4 nitrogen and oxygen atoms in total. The average Bonchev–Trinajstić information content (AvgIpc) is 2.49. The van der Waals surface area contributed by atoms with Crippen LogP contribution in [0, 0.1) is 0 Å². The van der Waals surface area contributed by atoms with Crippen molar-refractivity contribution in [2.45, 2.75) is 51.9 Å². The highest BCUT2D eigenvalue weighted by Gasteiger charge is 2.19. The van der Waals surface area contributed by atoms with Crippen molar-refractivity contribution in [3.63, 3.8) is 0 Å². The molecule has 1 unspecified atom stereocenters. The molecule has 2 N–H and O–H groups in total. The number of carbonyl (C=O) groups excluding carboxylic acids is 1. The van der Waals surface area contributed by atoms with Crippen molar-refractivity contribution in [2.24, 2.45) is 0 Å². The Morgan fingerprint density at radius 2 is 1.85 bits per heavy atom. The second-order valence-electron chi connectivity index (χ2n) is 4.94. The normalized spacial score (nSPS) is 11.9. The molecule has 1 aromatic carbocycles. The topological polar surface area (TPSA) is 58.6 Å². The van der Waals surface area contributed by atoms with Crippen molar-refractivity contribution in [2.75, 3.05) is 6.61 Å². The molecule has 0 aliphatic rings. The van der Waals surface area contributed by atoms with Crippen LogP contribution in [-0.2, 0) is 4.79 Å². The van der Waals surface area contributed by atoms with E-state index >= 15 is 0 Å². The second-order valence-corrected chi connectivity index (χ2v) is 4.94. The highest BCUT2D eigenvalue weighted by atomic mass is 16.5. The van der Waals surface area contributed by atoms with Crippen LogP contribution in [0.3, 0.4) is 0 Å². The Bertz CT molecular complexity index is 389. The fourth-order valence-corrected chi connectivity index (χ4v) is 2.07. The van der Waals surface area contributed by atoms with Crippen LogP contribution in [0.2, 0.25) is 0 Å². The van der Waals surface area contributed by atoms with E-state index in [2.05, 4.69) is 13.8 Å². The summed E-state index contributed by atoms with van der Waals surface area (Å²) in [6.07, 6.45) is 4.85. The van der Waals surface area contributed by atoms with Gasteiger partial charge in [-0.3, -0.25) is 10.0 Å². The van der Waals surface area contributed by atoms with Crippen molar-refractivity contribution < 1.29 is 14.7 Å². The van der Waals surface area contributed by atoms with Crippen LogP contribution in [0.5, 0.6) is 5.75 Å². The van der Waals surface area contributed by atoms with Gasteiger partial charge in [0.1, 0.15) is 5.75 Å². The van der Waals surface area contributed by atoms with Crippen molar-refractivity contribution in [3.8, 4) is 5.75 Å². The van der Waals surface area contributed by atoms with Gasteiger partial charge >= 0.3 is 0 Å². The number of carbonyl (C=O) groups is 1. The van der Waals surface area contributed by atoms with E-state index in [1.165, 1.54) is 0 Å². The zero-order chi connectivity index (χ0) is 14.8. The van der Waals surface area contributed by atoms with Gasteiger partial charge in [-0.1, -0.05) is 45.2 Å². The monoisotopic (exact) mass is 279 g/mol. The van der Waals surface area contributed by atoms with E-state index in [9.17, 15) is 4.79 Å². The number of unbranched alkanes of at least 4 members (excludes halogenated alkanes) is 2. The van der Waals surface area contributed by atoms with Gasteiger partial charge in [-0.15, -0.1) is 0 Å². The molecular weight excluding hydrogens is 254 g/mol. The molecule has 0 aromatic heterocycles. The number of amides is 1. The lowest BCUT2D eigenvalue weighted by Crippen LogP contribution is -2.26. The first-order valence-electron chi connectivity index (χ1n) is 7.39. The van der Waals surface area contributed by atoms with E-state index in [1.54, 1.807) is 5.48 Å². The molecule has 0 spiro atoms. The largest absolute Gasteiger partial charge is 0.494 e. The van der Waals surface area contributed by atoms with E-state index in [-0.39, 0.29) is 11.8 Å². The van der Waals surface area contributed by atoms with Gasteiger partial charge in [0.2, 0.25) is 0 Å². The molecule has 1 amide bonds. The van der Waals surface area contributed by atoms with Crippen LogP contribution in [0.1, 0.15) is 57.4 Å². The van der Waals surface area contributed by atoms with Gasteiger partial charge in [-0.25, -0.2) is 5.48 Å². The first-order valence-corrected chi connectivity index (χ1v) is 7.39. The highest BCUT2D eigenvalue weighted by molar-refractivity contribution is 5.82. The molecule has 0 radical (unpaired) electrons. The van der Waals surface area contributed by atoms with Crippen LogP contribution in [0.4, 0.5) is 0 Å². The summed E-state index contributed by atoms with van der Waals surface area (Å²) in [5.41, 5.74) is 2.67. The molecule has 0 saturated heterocycles. The number of nitrogens with one attached hydrogen (secondary N) is 1. The first-order chi connectivity index (χ1) is 9.72. The molecule has 1 rings (SSSR count). The number of benzene rings is 1. The Kier molecular flexibility index (Phi) is 7.73. The molecule has 0 aliphatic heterocycles. The maximum Gasteiger partial charge on any atom is 0.250 e. The highest BCUT2D eigenvalue weighted by Crippen LogP contribution is 2.24. The van der Waals surface area contributed by atoms with Gasteiger partial charge in [0.05, 0.1) is 12.5 Å². The summed E-state index contributed by atoms with van der Waals surface area (Å²) >= 11 is 0. The Balaban J connectivity index is 2.69. The smallest absolute Gasteiger partial charge is 0.250 e. The molecule has 112 valence electrons. The SMILES string of the molecule is CCCCOc1ccc(C(CCCC)C(=O)NO)cc1. The molecule has 0 fully saturated rings. The quantitative estimate of drug-likeness (QED) is 0.412. The standard InChI is InChI=1S/C16H25NO3/c1-3-5-7-15(16(18)17-19)13-8-10-14(11-9-13)20-12-6-4-2/h8-11,15,19H,3-7,12H2,1-2H3,(H,17,18). The lowest BCUT2D eigenvalue weighted by atomic mass is 9.93. The molecule has 20 heavy (non-hydrogen) atoms. The van der Waals surface area contributed by atoms with Crippen molar-refractivity contribution in [1.29, 1.82) is 0 Å². The van der Waals surface area contributed by atoms with Crippen molar-refractivity contribution >= 4 is 5.91 Å². The van der Waals surface area contributed by atoms with Gasteiger partial charge in [-0.05, 0) is 30.5 Å². The summed E-state index contributed by atoms with van der Waals surface area (Å²) < 4.78 is 5.60. The summed E-state index contributed by atoms with van der Waals surface area (Å²) in [6.45, 7) is 4.92. The Morgan fingerprint density at radius 1 is 1.20 bits per heavy atom. The molecule has 0 bridgehead atoms. The number of rotatable bonds is 9. The number of ether oxygens (including phenoxy) is 1. The molecule has 1 aromatic rings. The summed E-state index contributed by atoms with van der Waals surface area (Å²) in [7, 11) is 0. The summed E-state index contributed by atoms with van der Waals surface area (Å²) in [4.78, 5) is 11.7. The third-order valence-corrected chi connectivity index (χ3v) is 3.32. The summed E-state index contributed by atoms with van der Waals surface area (Å²) in [6, 6.07) is 7.57. The zero-order valence-electron chi connectivity index (χ0n) is 12.4. The van der Waals surface area contributed by atoms with Gasteiger partial charge in [-0.2, -0.15) is 0 Å².